The van der Waals surface area contributed by atoms with Crippen LogP contribution >= 0.6 is 22.7 Å². The van der Waals surface area contributed by atoms with Crippen LogP contribution in [0.4, 0.5) is 5.13 Å². The molecule has 1 aromatic carbocycles. The van der Waals surface area contributed by atoms with Crippen LogP contribution in [-0.2, 0) is 17.6 Å². The summed E-state index contributed by atoms with van der Waals surface area (Å²) in [5, 5.41) is 5.43. The second kappa shape index (κ2) is 8.04. The summed E-state index contributed by atoms with van der Waals surface area (Å²) in [6, 6.07) is 12.6. The van der Waals surface area contributed by atoms with Crippen molar-refractivity contribution in [3.63, 3.8) is 0 Å². The minimum atomic E-state index is -0.156. The molecule has 0 aliphatic carbocycles. The summed E-state index contributed by atoms with van der Waals surface area (Å²) in [4.78, 5) is 18.4. The van der Waals surface area contributed by atoms with Gasteiger partial charge in [-0.15, -0.1) is 22.7 Å². The zero-order chi connectivity index (χ0) is 16.8. The summed E-state index contributed by atoms with van der Waals surface area (Å²) in [6.45, 7) is 2.15. The molecule has 0 fully saturated rings. The maximum atomic E-state index is 11.9. The van der Waals surface area contributed by atoms with Gasteiger partial charge >= 0.3 is 0 Å². The third-order valence-corrected chi connectivity index (χ3v) is 5.29. The van der Waals surface area contributed by atoms with Gasteiger partial charge in [-0.05, 0) is 35.1 Å². The van der Waals surface area contributed by atoms with E-state index in [2.05, 4.69) is 41.5 Å². The molecule has 0 aliphatic heterocycles. The molecule has 0 bridgehead atoms. The Morgan fingerprint density at radius 2 is 2.00 bits per heavy atom. The number of aryl methyl sites for hydroxylation is 1. The van der Waals surface area contributed by atoms with E-state index >= 15 is 0 Å². The van der Waals surface area contributed by atoms with Gasteiger partial charge in [-0.25, -0.2) is 4.98 Å². The van der Waals surface area contributed by atoms with Crippen molar-refractivity contribution in [1.29, 1.82) is 0 Å². The number of nitrogens with one attached hydrogen (secondary N) is 1. The number of hydrogen-bond donors (Lipinski definition) is 1. The number of carbonyl (C=O) groups is 1. The Kier molecular flexibility index (Phi) is 5.56. The van der Waals surface area contributed by atoms with E-state index in [0.29, 0.717) is 5.13 Å². The Labute approximate surface area is 149 Å². The fourth-order valence-electron chi connectivity index (χ4n) is 2.23. The molecule has 2 heterocycles. The Morgan fingerprint density at radius 1 is 1.21 bits per heavy atom. The Bertz CT molecular complexity index is 817. The Hall–Kier alpha value is -2.24. The molecule has 0 aliphatic rings. The first-order chi connectivity index (χ1) is 11.7. The van der Waals surface area contributed by atoms with Crippen molar-refractivity contribution in [2.24, 2.45) is 0 Å². The summed E-state index contributed by atoms with van der Waals surface area (Å²) in [6.07, 6.45) is 7.07. The maximum absolute atomic E-state index is 11.9. The summed E-state index contributed by atoms with van der Waals surface area (Å²) < 4.78 is 0. The topological polar surface area (TPSA) is 42.0 Å². The number of amides is 1. The number of thiazole rings is 1. The van der Waals surface area contributed by atoms with Gasteiger partial charge in [0.2, 0.25) is 5.91 Å². The quantitative estimate of drug-likeness (QED) is 0.632. The molecule has 5 heteroatoms. The monoisotopic (exact) mass is 354 g/mol. The van der Waals surface area contributed by atoms with Crippen LogP contribution in [0.3, 0.4) is 0 Å². The molecule has 1 amide bonds. The molecule has 2 aromatic heterocycles. The van der Waals surface area contributed by atoms with Crippen LogP contribution in [0.5, 0.6) is 0 Å². The van der Waals surface area contributed by atoms with Gasteiger partial charge in [0.15, 0.2) is 5.13 Å². The minimum Gasteiger partial charge on any atom is -0.298 e. The predicted molar refractivity (Wildman–Crippen MR) is 103 cm³/mol. The molecule has 0 saturated carbocycles. The molecule has 3 rings (SSSR count). The van der Waals surface area contributed by atoms with Gasteiger partial charge in [0.25, 0.3) is 0 Å². The van der Waals surface area contributed by atoms with Crippen LogP contribution in [0, 0.1) is 0 Å². The minimum absolute atomic E-state index is 0.156. The summed E-state index contributed by atoms with van der Waals surface area (Å²) in [5.41, 5.74) is 2.60. The van der Waals surface area contributed by atoms with Crippen molar-refractivity contribution < 1.29 is 4.79 Å². The highest BCUT2D eigenvalue weighted by Gasteiger charge is 2.05. The molecular weight excluding hydrogens is 336 g/mol. The van der Waals surface area contributed by atoms with Gasteiger partial charge in [-0.3, -0.25) is 10.1 Å². The molecule has 0 saturated heterocycles. The van der Waals surface area contributed by atoms with E-state index in [1.165, 1.54) is 28.5 Å². The number of rotatable bonds is 6. The largest absolute Gasteiger partial charge is 0.298 e. The molecule has 3 aromatic rings. The molecule has 0 radical (unpaired) electrons. The van der Waals surface area contributed by atoms with Gasteiger partial charge in [0.05, 0.1) is 0 Å². The van der Waals surface area contributed by atoms with Gasteiger partial charge < -0.3 is 0 Å². The summed E-state index contributed by atoms with van der Waals surface area (Å²) in [7, 11) is 0. The van der Waals surface area contributed by atoms with Crippen molar-refractivity contribution in [2.45, 2.75) is 19.8 Å². The van der Waals surface area contributed by atoms with Gasteiger partial charge in [0, 0.05) is 28.4 Å². The predicted octanol–water partition coefficient (Wildman–Crippen LogP) is 5.01. The Morgan fingerprint density at radius 3 is 2.71 bits per heavy atom. The SMILES string of the molecule is CCc1ccc(Cc2cnc(NC(=O)C=Cc3cccs3)s2)cc1. The number of anilines is 1. The molecule has 0 atom stereocenters. The van der Waals surface area contributed by atoms with E-state index < -0.39 is 0 Å². The Balaban J connectivity index is 1.57. The van der Waals surface area contributed by atoms with Crippen molar-refractivity contribution in [3.8, 4) is 0 Å². The van der Waals surface area contributed by atoms with E-state index in [0.717, 1.165) is 22.6 Å². The van der Waals surface area contributed by atoms with E-state index in [4.69, 9.17) is 0 Å². The zero-order valence-corrected chi connectivity index (χ0v) is 15.0. The average Bonchev–Trinajstić information content (AvgIpc) is 3.26. The zero-order valence-electron chi connectivity index (χ0n) is 13.4. The molecule has 24 heavy (non-hydrogen) atoms. The van der Waals surface area contributed by atoms with Crippen LogP contribution in [0.2, 0.25) is 0 Å². The smallest absolute Gasteiger partial charge is 0.250 e. The highest BCUT2D eigenvalue weighted by atomic mass is 32.1. The lowest BCUT2D eigenvalue weighted by Crippen LogP contribution is -2.06. The number of hydrogen-bond acceptors (Lipinski definition) is 4. The first-order valence-electron chi connectivity index (χ1n) is 7.78. The number of aromatic nitrogens is 1. The summed E-state index contributed by atoms with van der Waals surface area (Å²) in [5.74, 6) is -0.156. The molecule has 122 valence electrons. The van der Waals surface area contributed by atoms with E-state index in [1.807, 2.05) is 29.8 Å². The molecule has 3 nitrogen and oxygen atoms in total. The highest BCUT2D eigenvalue weighted by Crippen LogP contribution is 2.21. The van der Waals surface area contributed by atoms with Crippen LogP contribution in [0.15, 0.2) is 54.1 Å². The number of benzene rings is 1. The molecular formula is C19H18N2OS2. The van der Waals surface area contributed by atoms with Crippen LogP contribution in [0.25, 0.3) is 6.08 Å². The van der Waals surface area contributed by atoms with Gasteiger partial charge in [-0.2, -0.15) is 0 Å². The van der Waals surface area contributed by atoms with Crippen LogP contribution < -0.4 is 5.32 Å². The fourth-order valence-corrected chi connectivity index (χ4v) is 3.70. The van der Waals surface area contributed by atoms with Crippen LogP contribution in [-0.4, -0.2) is 10.9 Å². The van der Waals surface area contributed by atoms with E-state index in [-0.39, 0.29) is 5.91 Å². The van der Waals surface area contributed by atoms with Gasteiger partial charge in [-0.1, -0.05) is 37.3 Å². The average molecular weight is 354 g/mol. The van der Waals surface area contributed by atoms with Crippen molar-refractivity contribution >= 4 is 39.8 Å². The number of carbonyl (C=O) groups excluding carboxylic acids is 1. The fraction of sp³-hybridized carbons (Fsp3) is 0.158. The molecule has 1 N–H and O–H groups in total. The first kappa shape index (κ1) is 16.6. The van der Waals surface area contributed by atoms with E-state index in [1.54, 1.807) is 11.3 Å². The lowest BCUT2D eigenvalue weighted by molar-refractivity contribution is -0.111. The van der Waals surface area contributed by atoms with Crippen LogP contribution in [0.1, 0.15) is 27.8 Å². The van der Waals surface area contributed by atoms with E-state index in [9.17, 15) is 4.79 Å². The number of thiophene rings is 1. The molecule has 0 unspecified atom stereocenters. The second-order valence-corrected chi connectivity index (χ2v) is 7.41. The lowest BCUT2D eigenvalue weighted by atomic mass is 10.1. The molecule has 0 spiro atoms. The van der Waals surface area contributed by atoms with Crippen molar-refractivity contribution in [1.82, 2.24) is 4.98 Å². The van der Waals surface area contributed by atoms with Crippen molar-refractivity contribution in [3.05, 3.63) is 74.9 Å². The van der Waals surface area contributed by atoms with Gasteiger partial charge in [0.1, 0.15) is 0 Å². The standard InChI is InChI=1S/C19H18N2OS2/c1-2-14-5-7-15(8-6-14)12-17-13-20-19(24-17)21-18(22)10-9-16-4-3-11-23-16/h3-11,13H,2,12H2,1H3,(H,20,21,22). The lowest BCUT2D eigenvalue weighted by Gasteiger charge is -2.00. The second-order valence-electron chi connectivity index (χ2n) is 5.32. The van der Waals surface area contributed by atoms with Crippen molar-refractivity contribution in [2.75, 3.05) is 5.32 Å². The number of nitrogens with zero attached hydrogens (tertiary/aromatic N) is 1. The maximum Gasteiger partial charge on any atom is 0.250 e. The third kappa shape index (κ3) is 4.63. The first-order valence-corrected chi connectivity index (χ1v) is 9.47. The normalized spacial score (nSPS) is 11.0. The third-order valence-electron chi connectivity index (χ3n) is 3.54. The highest BCUT2D eigenvalue weighted by molar-refractivity contribution is 7.15. The summed E-state index contributed by atoms with van der Waals surface area (Å²) >= 11 is 3.11.